The highest BCUT2D eigenvalue weighted by Crippen LogP contribution is 1.98. The van der Waals surface area contributed by atoms with Crippen LogP contribution in [0.4, 0.5) is 0 Å². The standard InChI is InChI=1S/C7H13N3.ClH/c1-2-6(8)5-7-3-4-9-10-7;/h3-4,6H,2,5,8H2,1H3,(H,9,10);1H. The van der Waals surface area contributed by atoms with Gasteiger partial charge in [0, 0.05) is 24.4 Å². The molecule has 1 unspecified atom stereocenters. The van der Waals surface area contributed by atoms with Crippen molar-refractivity contribution < 1.29 is 0 Å². The van der Waals surface area contributed by atoms with Crippen molar-refractivity contribution in [3.63, 3.8) is 0 Å². The first-order chi connectivity index (χ1) is 4.83. The summed E-state index contributed by atoms with van der Waals surface area (Å²) >= 11 is 0. The molecule has 0 amide bonds. The van der Waals surface area contributed by atoms with Crippen molar-refractivity contribution >= 4 is 12.4 Å². The van der Waals surface area contributed by atoms with E-state index in [4.69, 9.17) is 5.73 Å². The van der Waals surface area contributed by atoms with Gasteiger partial charge in [-0.3, -0.25) is 5.10 Å². The molecule has 1 atom stereocenters. The van der Waals surface area contributed by atoms with Gasteiger partial charge in [-0.25, -0.2) is 0 Å². The molecule has 1 heterocycles. The normalized spacial score (nSPS) is 12.2. The van der Waals surface area contributed by atoms with Crippen molar-refractivity contribution in [1.82, 2.24) is 10.2 Å². The van der Waals surface area contributed by atoms with E-state index in [2.05, 4.69) is 17.1 Å². The van der Waals surface area contributed by atoms with E-state index >= 15 is 0 Å². The lowest BCUT2D eigenvalue weighted by atomic mass is 10.1. The Morgan fingerprint density at radius 3 is 2.91 bits per heavy atom. The zero-order valence-electron chi connectivity index (χ0n) is 6.58. The maximum Gasteiger partial charge on any atom is 0.0490 e. The molecule has 11 heavy (non-hydrogen) atoms. The Bertz CT molecular complexity index is 174. The van der Waals surface area contributed by atoms with E-state index in [1.807, 2.05) is 6.07 Å². The third-order valence-corrected chi connectivity index (χ3v) is 1.56. The smallest absolute Gasteiger partial charge is 0.0490 e. The van der Waals surface area contributed by atoms with Crippen LogP contribution < -0.4 is 5.73 Å². The second kappa shape index (κ2) is 5.16. The molecule has 1 aromatic rings. The number of halogens is 1. The summed E-state index contributed by atoms with van der Waals surface area (Å²) in [5.74, 6) is 0. The van der Waals surface area contributed by atoms with Gasteiger partial charge in [0.05, 0.1) is 0 Å². The van der Waals surface area contributed by atoms with Crippen molar-refractivity contribution in [3.05, 3.63) is 18.0 Å². The van der Waals surface area contributed by atoms with Crippen molar-refractivity contribution in [1.29, 1.82) is 0 Å². The predicted octanol–water partition coefficient (Wildman–Crippen LogP) is 1.11. The summed E-state index contributed by atoms with van der Waals surface area (Å²) in [6.45, 7) is 2.08. The third kappa shape index (κ3) is 3.39. The summed E-state index contributed by atoms with van der Waals surface area (Å²) in [6.07, 6.45) is 3.66. The molecule has 1 rings (SSSR count). The van der Waals surface area contributed by atoms with E-state index in [0.29, 0.717) is 0 Å². The quantitative estimate of drug-likeness (QED) is 0.723. The number of aromatic nitrogens is 2. The Labute approximate surface area is 72.8 Å². The molecule has 0 aliphatic rings. The van der Waals surface area contributed by atoms with Crippen molar-refractivity contribution in [2.45, 2.75) is 25.8 Å². The second-order valence-corrected chi connectivity index (χ2v) is 2.45. The fourth-order valence-corrected chi connectivity index (χ4v) is 0.825. The molecule has 4 heteroatoms. The molecule has 0 spiro atoms. The van der Waals surface area contributed by atoms with E-state index in [0.717, 1.165) is 18.5 Å². The molecule has 0 aliphatic carbocycles. The maximum absolute atomic E-state index is 5.72. The maximum atomic E-state index is 5.72. The number of rotatable bonds is 3. The predicted molar refractivity (Wildman–Crippen MR) is 47.8 cm³/mol. The van der Waals surface area contributed by atoms with E-state index in [-0.39, 0.29) is 18.4 Å². The molecule has 0 saturated heterocycles. The van der Waals surface area contributed by atoms with Gasteiger partial charge in [-0.05, 0) is 12.5 Å². The second-order valence-electron chi connectivity index (χ2n) is 2.45. The number of nitrogens with zero attached hydrogens (tertiary/aromatic N) is 1. The highest BCUT2D eigenvalue weighted by molar-refractivity contribution is 5.85. The minimum atomic E-state index is 0. The van der Waals surface area contributed by atoms with Gasteiger partial charge in [0.25, 0.3) is 0 Å². The van der Waals surface area contributed by atoms with Gasteiger partial charge in [0.2, 0.25) is 0 Å². The molecular formula is C7H14ClN3. The molecule has 0 fully saturated rings. The van der Waals surface area contributed by atoms with Crippen molar-refractivity contribution in [2.75, 3.05) is 0 Å². The molecule has 0 saturated carbocycles. The molecule has 0 aliphatic heterocycles. The number of nitrogens with two attached hydrogens (primary N) is 1. The Morgan fingerprint density at radius 2 is 2.45 bits per heavy atom. The lowest BCUT2D eigenvalue weighted by Crippen LogP contribution is -2.21. The molecule has 3 N–H and O–H groups in total. The van der Waals surface area contributed by atoms with Crippen LogP contribution in [0.25, 0.3) is 0 Å². The first-order valence-electron chi connectivity index (χ1n) is 3.56. The summed E-state index contributed by atoms with van der Waals surface area (Å²) in [7, 11) is 0. The zero-order valence-corrected chi connectivity index (χ0v) is 7.40. The SMILES string of the molecule is CCC(N)Cc1ccn[nH]1.Cl. The Balaban J connectivity index is 0.000001000. The number of nitrogens with one attached hydrogen (secondary N) is 1. The number of hydrogen-bond donors (Lipinski definition) is 2. The average Bonchev–Trinajstić information content (AvgIpc) is 2.40. The molecule has 1 aromatic heterocycles. The highest BCUT2D eigenvalue weighted by atomic mass is 35.5. The summed E-state index contributed by atoms with van der Waals surface area (Å²) in [6, 6.07) is 2.22. The minimum absolute atomic E-state index is 0. The van der Waals surface area contributed by atoms with Crippen LogP contribution in [0.15, 0.2) is 12.3 Å². The van der Waals surface area contributed by atoms with E-state index in [1.165, 1.54) is 0 Å². The van der Waals surface area contributed by atoms with Crippen LogP contribution in [-0.2, 0) is 6.42 Å². The van der Waals surface area contributed by atoms with Gasteiger partial charge >= 0.3 is 0 Å². The first kappa shape index (κ1) is 10.5. The van der Waals surface area contributed by atoms with Crippen molar-refractivity contribution in [2.24, 2.45) is 5.73 Å². The van der Waals surface area contributed by atoms with Crippen LogP contribution in [0.5, 0.6) is 0 Å². The molecular weight excluding hydrogens is 162 g/mol. The molecule has 0 radical (unpaired) electrons. The molecule has 3 nitrogen and oxygen atoms in total. The van der Waals surface area contributed by atoms with Crippen molar-refractivity contribution in [3.8, 4) is 0 Å². The van der Waals surface area contributed by atoms with Crippen LogP contribution in [0.3, 0.4) is 0 Å². The summed E-state index contributed by atoms with van der Waals surface area (Å²) in [5.41, 5.74) is 6.84. The molecule has 0 bridgehead atoms. The first-order valence-corrected chi connectivity index (χ1v) is 3.56. The fraction of sp³-hybridized carbons (Fsp3) is 0.571. The van der Waals surface area contributed by atoms with E-state index in [9.17, 15) is 0 Å². The summed E-state index contributed by atoms with van der Waals surface area (Å²) in [5, 5.41) is 6.70. The number of H-pyrrole nitrogens is 1. The lowest BCUT2D eigenvalue weighted by Gasteiger charge is -2.04. The van der Waals surface area contributed by atoms with Crippen LogP contribution in [0.1, 0.15) is 19.0 Å². The van der Waals surface area contributed by atoms with Gasteiger partial charge in [0.15, 0.2) is 0 Å². The number of hydrogen-bond acceptors (Lipinski definition) is 2. The minimum Gasteiger partial charge on any atom is -0.327 e. The Hall–Kier alpha value is -0.540. The Kier molecular flexibility index (Phi) is 4.90. The third-order valence-electron chi connectivity index (χ3n) is 1.56. The largest absolute Gasteiger partial charge is 0.327 e. The summed E-state index contributed by atoms with van der Waals surface area (Å²) in [4.78, 5) is 0. The number of aromatic amines is 1. The van der Waals surface area contributed by atoms with Crippen LogP contribution >= 0.6 is 12.4 Å². The topological polar surface area (TPSA) is 54.7 Å². The van der Waals surface area contributed by atoms with Crippen LogP contribution in [0, 0.1) is 0 Å². The van der Waals surface area contributed by atoms with Crippen LogP contribution in [0.2, 0.25) is 0 Å². The van der Waals surface area contributed by atoms with E-state index in [1.54, 1.807) is 6.20 Å². The van der Waals surface area contributed by atoms with Gasteiger partial charge in [-0.15, -0.1) is 12.4 Å². The monoisotopic (exact) mass is 175 g/mol. The fourth-order valence-electron chi connectivity index (χ4n) is 0.825. The zero-order chi connectivity index (χ0) is 7.40. The molecule has 0 aromatic carbocycles. The van der Waals surface area contributed by atoms with Gasteiger partial charge in [-0.1, -0.05) is 6.92 Å². The van der Waals surface area contributed by atoms with Gasteiger partial charge < -0.3 is 5.73 Å². The van der Waals surface area contributed by atoms with Gasteiger partial charge in [-0.2, -0.15) is 5.10 Å². The van der Waals surface area contributed by atoms with Gasteiger partial charge in [0.1, 0.15) is 0 Å². The highest BCUT2D eigenvalue weighted by Gasteiger charge is 2.00. The Morgan fingerprint density at radius 1 is 1.73 bits per heavy atom. The average molecular weight is 176 g/mol. The summed E-state index contributed by atoms with van der Waals surface area (Å²) < 4.78 is 0. The van der Waals surface area contributed by atoms with Crippen LogP contribution in [-0.4, -0.2) is 16.2 Å². The van der Waals surface area contributed by atoms with E-state index < -0.39 is 0 Å². The molecule has 64 valence electrons. The lowest BCUT2D eigenvalue weighted by molar-refractivity contribution is 0.635.